The summed E-state index contributed by atoms with van der Waals surface area (Å²) in [4.78, 5) is 56.8. The van der Waals surface area contributed by atoms with Crippen molar-refractivity contribution in [3.8, 4) is 0 Å². The number of nitro groups is 1. The summed E-state index contributed by atoms with van der Waals surface area (Å²) >= 11 is 7.58. The van der Waals surface area contributed by atoms with E-state index in [9.17, 15) is 24.5 Å². The van der Waals surface area contributed by atoms with Gasteiger partial charge in [0.1, 0.15) is 11.5 Å². The topological polar surface area (TPSA) is 110 Å². The van der Waals surface area contributed by atoms with Crippen molar-refractivity contribution in [3.63, 3.8) is 0 Å². The highest BCUT2D eigenvalue weighted by Gasteiger charge is 2.70. The van der Waals surface area contributed by atoms with Gasteiger partial charge in [0, 0.05) is 34.1 Å². The van der Waals surface area contributed by atoms with Crippen molar-refractivity contribution in [2.24, 2.45) is 5.92 Å². The van der Waals surface area contributed by atoms with Crippen molar-refractivity contribution in [2.45, 2.75) is 17.5 Å². The molecular weight excluding hydrogens is 562 g/mol. The number of hydrogen-bond acceptors (Lipinski definition) is 7. The molecule has 202 valence electrons. The Morgan fingerprint density at radius 1 is 1.00 bits per heavy atom. The maximum Gasteiger partial charge on any atom is 0.270 e. The highest BCUT2D eigenvalue weighted by molar-refractivity contribution is 7.12. The summed E-state index contributed by atoms with van der Waals surface area (Å²) in [5.74, 6) is -2.44. The molecule has 1 saturated heterocycles. The highest BCUT2D eigenvalue weighted by atomic mass is 35.5. The first-order chi connectivity index (χ1) is 19.8. The van der Waals surface area contributed by atoms with Crippen LogP contribution < -0.4 is 10.2 Å². The Bertz CT molecular complexity index is 1820. The number of halogens is 1. The molecule has 1 N–H and O–H groups in total. The first kappa shape index (κ1) is 25.4. The molecule has 10 heteroatoms. The molecule has 3 aliphatic rings. The Labute approximate surface area is 243 Å². The molecular formula is C31H20ClN3O5S. The van der Waals surface area contributed by atoms with Crippen molar-refractivity contribution < 1.29 is 19.3 Å². The Morgan fingerprint density at radius 3 is 2.61 bits per heavy atom. The molecule has 4 heterocycles. The molecule has 1 amide bonds. The van der Waals surface area contributed by atoms with Gasteiger partial charge in [-0.3, -0.25) is 24.5 Å². The molecule has 1 spiro atoms. The number of nitrogens with one attached hydrogen (secondary N) is 1. The number of nitrogens with zero attached hydrogens (tertiary/aromatic N) is 2. The SMILES string of the molecule is O=C(c1cccs1)[C@@H]1[C@H](C(=O)c2cccc([N+](=O)[O-])c2)[C@@]2(C(=O)Nc3ccccc32)[C@H]2C=Cc3cc(Cl)ccc3N12. The zero-order valence-corrected chi connectivity index (χ0v) is 22.8. The van der Waals surface area contributed by atoms with Gasteiger partial charge in [-0.2, -0.15) is 0 Å². The third-order valence-electron chi connectivity index (χ3n) is 8.25. The molecule has 0 bridgehead atoms. The van der Waals surface area contributed by atoms with Gasteiger partial charge in [-0.15, -0.1) is 11.3 Å². The van der Waals surface area contributed by atoms with E-state index in [0.29, 0.717) is 26.8 Å². The third kappa shape index (κ3) is 3.55. The van der Waals surface area contributed by atoms with Crippen LogP contribution in [-0.2, 0) is 10.2 Å². The van der Waals surface area contributed by atoms with E-state index in [4.69, 9.17) is 11.6 Å². The van der Waals surface area contributed by atoms with Gasteiger partial charge < -0.3 is 10.2 Å². The Morgan fingerprint density at radius 2 is 1.83 bits per heavy atom. The Kier molecular flexibility index (Phi) is 5.71. The zero-order chi connectivity index (χ0) is 28.5. The average Bonchev–Trinajstić information content (AvgIpc) is 3.69. The lowest BCUT2D eigenvalue weighted by molar-refractivity contribution is -0.384. The molecule has 3 aromatic carbocycles. The minimum absolute atomic E-state index is 0.0601. The van der Waals surface area contributed by atoms with Crippen molar-refractivity contribution in [2.75, 3.05) is 10.2 Å². The molecule has 0 saturated carbocycles. The molecule has 0 radical (unpaired) electrons. The van der Waals surface area contributed by atoms with Crippen LogP contribution in [0, 0.1) is 16.0 Å². The number of carbonyl (C=O) groups excluding carboxylic acids is 3. The van der Waals surface area contributed by atoms with E-state index in [0.717, 1.165) is 5.56 Å². The van der Waals surface area contributed by atoms with Gasteiger partial charge in [0.15, 0.2) is 11.6 Å². The van der Waals surface area contributed by atoms with E-state index in [1.54, 1.807) is 53.9 Å². The van der Waals surface area contributed by atoms with Crippen molar-refractivity contribution >= 4 is 63.5 Å². The van der Waals surface area contributed by atoms with Crippen LogP contribution in [0.3, 0.4) is 0 Å². The van der Waals surface area contributed by atoms with Crippen molar-refractivity contribution in [3.05, 3.63) is 127 Å². The fourth-order valence-electron chi connectivity index (χ4n) is 6.67. The van der Waals surface area contributed by atoms with Crippen LogP contribution in [0.5, 0.6) is 0 Å². The lowest BCUT2D eigenvalue weighted by Gasteiger charge is -2.37. The van der Waals surface area contributed by atoms with Crippen LogP contribution in [0.25, 0.3) is 6.08 Å². The molecule has 41 heavy (non-hydrogen) atoms. The molecule has 0 unspecified atom stereocenters. The van der Waals surface area contributed by atoms with E-state index in [1.807, 2.05) is 23.1 Å². The number of benzene rings is 3. The zero-order valence-electron chi connectivity index (χ0n) is 21.2. The fraction of sp³-hybridized carbons (Fsp3) is 0.129. The third-order valence-corrected chi connectivity index (χ3v) is 9.37. The number of fused-ring (bicyclic) bond motifs is 6. The minimum atomic E-state index is -1.50. The number of non-ortho nitro benzene ring substituents is 1. The van der Waals surface area contributed by atoms with Crippen molar-refractivity contribution in [1.82, 2.24) is 0 Å². The molecule has 0 aliphatic carbocycles. The van der Waals surface area contributed by atoms with Gasteiger partial charge in [-0.05, 0) is 46.8 Å². The number of ketones is 2. The fourth-order valence-corrected chi connectivity index (χ4v) is 7.55. The standard InChI is InChI=1S/C31H20ClN3O5S/c32-19-11-12-23-17(15-19)10-13-25-31(21-7-1-2-8-22(21)33-30(31)38)26(27(34(23)25)29(37)24-9-4-14-41-24)28(36)18-5-3-6-20(16-18)35(39)40/h1-16,25-27H,(H,33,38)/t25-,26-,27+,31+/m1/s1. The van der Waals surface area contributed by atoms with Gasteiger partial charge in [0.2, 0.25) is 5.91 Å². The smallest absolute Gasteiger partial charge is 0.270 e. The normalized spacial score (nSPS) is 23.6. The van der Waals surface area contributed by atoms with Crippen LogP contribution >= 0.6 is 22.9 Å². The second-order valence-corrected chi connectivity index (χ2v) is 11.6. The van der Waals surface area contributed by atoms with Crippen LogP contribution in [0.4, 0.5) is 17.1 Å². The van der Waals surface area contributed by atoms with Gasteiger partial charge in [-0.25, -0.2) is 0 Å². The van der Waals surface area contributed by atoms with E-state index in [2.05, 4.69) is 5.32 Å². The summed E-state index contributed by atoms with van der Waals surface area (Å²) in [5, 5.41) is 16.9. The number of rotatable bonds is 5. The number of Topliss-reactive ketones (excluding diaryl/α,β-unsaturated/α-hetero) is 2. The Hall–Kier alpha value is -4.60. The van der Waals surface area contributed by atoms with Gasteiger partial charge in [0.05, 0.1) is 21.8 Å². The summed E-state index contributed by atoms with van der Waals surface area (Å²) in [5.41, 5.74) is 0.902. The van der Waals surface area contributed by atoms with Crippen molar-refractivity contribution in [1.29, 1.82) is 0 Å². The van der Waals surface area contributed by atoms with E-state index in [-0.39, 0.29) is 17.0 Å². The van der Waals surface area contributed by atoms with Crippen LogP contribution in [-0.4, -0.2) is 34.5 Å². The molecule has 1 fully saturated rings. The lowest BCUT2D eigenvalue weighted by Crippen LogP contribution is -2.51. The molecule has 7 rings (SSSR count). The summed E-state index contributed by atoms with van der Waals surface area (Å²) in [6.07, 6.45) is 3.72. The Balaban J connectivity index is 1.54. The largest absolute Gasteiger partial charge is 0.352 e. The highest BCUT2D eigenvalue weighted by Crippen LogP contribution is 2.58. The van der Waals surface area contributed by atoms with Crippen LogP contribution in [0.15, 0.2) is 90.3 Å². The monoisotopic (exact) mass is 581 g/mol. The number of amides is 1. The maximum atomic E-state index is 14.7. The molecule has 4 atom stereocenters. The number of anilines is 2. The van der Waals surface area contributed by atoms with Gasteiger partial charge >= 0.3 is 0 Å². The quantitative estimate of drug-likeness (QED) is 0.172. The predicted octanol–water partition coefficient (Wildman–Crippen LogP) is 6.17. The number of nitro benzene ring substituents is 1. The second kappa shape index (κ2) is 9.22. The first-order valence-corrected chi connectivity index (χ1v) is 14.1. The van der Waals surface area contributed by atoms with Crippen LogP contribution in [0.2, 0.25) is 5.02 Å². The second-order valence-electron chi connectivity index (χ2n) is 10.2. The van der Waals surface area contributed by atoms with Gasteiger partial charge in [-0.1, -0.05) is 60.2 Å². The number of carbonyl (C=O) groups is 3. The summed E-state index contributed by atoms with van der Waals surface area (Å²) < 4.78 is 0. The number of thiophene rings is 1. The molecule has 8 nitrogen and oxygen atoms in total. The van der Waals surface area contributed by atoms with Gasteiger partial charge in [0.25, 0.3) is 5.69 Å². The summed E-state index contributed by atoms with van der Waals surface area (Å²) in [6.45, 7) is 0. The van der Waals surface area contributed by atoms with E-state index >= 15 is 0 Å². The maximum absolute atomic E-state index is 14.7. The molecule has 1 aromatic heterocycles. The molecule has 4 aromatic rings. The van der Waals surface area contributed by atoms with Crippen LogP contribution in [0.1, 0.15) is 31.2 Å². The average molecular weight is 582 g/mol. The van der Waals surface area contributed by atoms with E-state index < -0.39 is 40.0 Å². The van der Waals surface area contributed by atoms with E-state index in [1.165, 1.54) is 35.6 Å². The number of hydrogen-bond donors (Lipinski definition) is 1. The molecule has 3 aliphatic heterocycles. The summed E-state index contributed by atoms with van der Waals surface area (Å²) in [6, 6.07) is 19.6. The first-order valence-electron chi connectivity index (χ1n) is 12.9. The lowest BCUT2D eigenvalue weighted by atomic mass is 9.64. The number of para-hydroxylation sites is 1. The predicted molar refractivity (Wildman–Crippen MR) is 157 cm³/mol. The summed E-state index contributed by atoms with van der Waals surface area (Å²) in [7, 11) is 0. The minimum Gasteiger partial charge on any atom is -0.352 e.